The predicted octanol–water partition coefficient (Wildman–Crippen LogP) is 4.79. The number of anilines is 2. The molecule has 1 aliphatic rings. The van der Waals surface area contributed by atoms with Crippen LogP contribution in [0.2, 0.25) is 0 Å². The number of fused-ring (bicyclic) bond motifs is 1. The maximum Gasteiger partial charge on any atom is 0.255 e. The molecule has 0 radical (unpaired) electrons. The van der Waals surface area contributed by atoms with Crippen molar-refractivity contribution >= 4 is 34.0 Å². The van der Waals surface area contributed by atoms with E-state index in [-0.39, 0.29) is 24.2 Å². The van der Waals surface area contributed by atoms with E-state index in [2.05, 4.69) is 15.6 Å². The van der Waals surface area contributed by atoms with Gasteiger partial charge in [-0.3, -0.25) is 14.6 Å². The predicted molar refractivity (Wildman–Crippen MR) is 122 cm³/mol. The summed E-state index contributed by atoms with van der Waals surface area (Å²) in [4.78, 5) is 29.8. The first-order valence-electron chi connectivity index (χ1n) is 10.7. The minimum Gasteiger partial charge on any atom is -0.496 e. The number of Topliss-reactive ketones (excluding diaryl/α,β-unsaturated/α-hetero) is 1. The number of hydrogen-bond acceptors (Lipinski definition) is 5. The quantitative estimate of drug-likeness (QED) is 0.523. The fourth-order valence-corrected chi connectivity index (χ4v) is 3.64. The number of methoxy groups -OCH3 is 1. The van der Waals surface area contributed by atoms with Gasteiger partial charge in [0.15, 0.2) is 0 Å². The Morgan fingerprint density at radius 2 is 1.94 bits per heavy atom. The van der Waals surface area contributed by atoms with Gasteiger partial charge < -0.3 is 15.4 Å². The molecule has 1 amide bonds. The Hall–Kier alpha value is -3.41. The van der Waals surface area contributed by atoms with Gasteiger partial charge in [0.25, 0.3) is 5.91 Å². The number of nitrogens with zero attached hydrogens (tertiary/aromatic N) is 1. The molecule has 0 unspecified atom stereocenters. The van der Waals surface area contributed by atoms with Crippen LogP contribution in [0.4, 0.5) is 11.4 Å². The second-order valence-electron chi connectivity index (χ2n) is 7.93. The van der Waals surface area contributed by atoms with E-state index < -0.39 is 0 Å². The number of amides is 1. The van der Waals surface area contributed by atoms with E-state index in [1.165, 1.54) is 0 Å². The Balaban J connectivity index is 1.83. The third-order valence-corrected chi connectivity index (χ3v) is 5.39. The zero-order valence-corrected chi connectivity index (χ0v) is 17.9. The maximum atomic E-state index is 13.0. The number of pyridine rings is 1. The van der Waals surface area contributed by atoms with Crippen molar-refractivity contribution in [2.75, 3.05) is 12.4 Å². The van der Waals surface area contributed by atoms with E-state index >= 15 is 0 Å². The number of hydrogen-bond donors (Lipinski definition) is 2. The van der Waals surface area contributed by atoms with Crippen LogP contribution in [0.3, 0.4) is 0 Å². The zero-order valence-electron chi connectivity index (χ0n) is 17.9. The summed E-state index contributed by atoms with van der Waals surface area (Å²) in [7, 11) is 1.59. The van der Waals surface area contributed by atoms with Crippen LogP contribution < -0.4 is 15.4 Å². The molecule has 1 saturated carbocycles. The standard InChI is InChI=1S/C25H27N3O3/c1-3-7-19(29)12-16-13-20-22(14-23(16)31-2)26-15-21(25(30)28-18-10-11-18)24(20)27-17-8-5-4-6-9-17/h4-6,8-9,13-15,18H,3,7,10-12H2,1-2H3,(H,26,27)(H,28,30). The number of ether oxygens (including phenoxy) is 1. The van der Waals surface area contributed by atoms with Crippen molar-refractivity contribution in [2.45, 2.75) is 45.1 Å². The topological polar surface area (TPSA) is 80.3 Å². The molecule has 1 heterocycles. The Morgan fingerprint density at radius 1 is 1.16 bits per heavy atom. The van der Waals surface area contributed by atoms with Gasteiger partial charge in [-0.1, -0.05) is 25.1 Å². The minimum absolute atomic E-state index is 0.144. The number of para-hydroxylation sites is 1. The van der Waals surface area contributed by atoms with E-state index in [0.29, 0.717) is 28.9 Å². The number of ketones is 1. The average Bonchev–Trinajstić information content (AvgIpc) is 3.58. The summed E-state index contributed by atoms with van der Waals surface area (Å²) in [5.74, 6) is 0.647. The molecular formula is C25H27N3O3. The van der Waals surface area contributed by atoms with Gasteiger partial charge in [-0.15, -0.1) is 0 Å². The van der Waals surface area contributed by atoms with Crippen LogP contribution in [0.1, 0.15) is 48.5 Å². The highest BCUT2D eigenvalue weighted by Crippen LogP contribution is 2.34. The summed E-state index contributed by atoms with van der Waals surface area (Å²) >= 11 is 0. The second-order valence-corrected chi connectivity index (χ2v) is 7.93. The molecule has 3 aromatic rings. The molecule has 1 aliphatic carbocycles. The molecule has 0 spiro atoms. The van der Waals surface area contributed by atoms with E-state index in [0.717, 1.165) is 35.9 Å². The first kappa shape index (κ1) is 20.8. The number of benzene rings is 2. The van der Waals surface area contributed by atoms with Gasteiger partial charge in [0.1, 0.15) is 11.5 Å². The second kappa shape index (κ2) is 9.16. The van der Waals surface area contributed by atoms with Crippen molar-refractivity contribution in [3.05, 3.63) is 59.8 Å². The van der Waals surface area contributed by atoms with Gasteiger partial charge in [0.05, 0.1) is 23.9 Å². The van der Waals surface area contributed by atoms with Crippen LogP contribution in [0.25, 0.3) is 10.9 Å². The summed E-state index contributed by atoms with van der Waals surface area (Å²) in [6, 6.07) is 13.7. The molecule has 0 bridgehead atoms. The third kappa shape index (κ3) is 4.85. The molecule has 0 saturated heterocycles. The Labute approximate surface area is 182 Å². The number of aromatic nitrogens is 1. The molecule has 1 fully saturated rings. The van der Waals surface area contributed by atoms with Gasteiger partial charge in [-0.05, 0) is 37.5 Å². The highest BCUT2D eigenvalue weighted by molar-refractivity contribution is 6.08. The Kier molecular flexibility index (Phi) is 6.16. The van der Waals surface area contributed by atoms with Gasteiger partial charge in [-0.25, -0.2) is 0 Å². The van der Waals surface area contributed by atoms with Gasteiger partial charge >= 0.3 is 0 Å². The van der Waals surface area contributed by atoms with Gasteiger partial charge in [0, 0.05) is 47.8 Å². The smallest absolute Gasteiger partial charge is 0.255 e. The number of carbonyl (C=O) groups is 2. The van der Waals surface area contributed by atoms with Crippen molar-refractivity contribution in [3.8, 4) is 5.75 Å². The van der Waals surface area contributed by atoms with E-state index in [1.54, 1.807) is 13.3 Å². The van der Waals surface area contributed by atoms with Gasteiger partial charge in [0.2, 0.25) is 0 Å². The first-order valence-corrected chi connectivity index (χ1v) is 10.7. The molecule has 1 aromatic heterocycles. The summed E-state index contributed by atoms with van der Waals surface area (Å²) < 4.78 is 5.54. The van der Waals surface area contributed by atoms with Crippen molar-refractivity contribution in [2.24, 2.45) is 0 Å². The van der Waals surface area contributed by atoms with E-state index in [9.17, 15) is 9.59 Å². The first-order chi connectivity index (χ1) is 15.1. The lowest BCUT2D eigenvalue weighted by Crippen LogP contribution is -2.26. The van der Waals surface area contributed by atoms with Crippen molar-refractivity contribution < 1.29 is 14.3 Å². The summed E-state index contributed by atoms with van der Waals surface area (Å²) in [5, 5.41) is 7.24. The SMILES string of the molecule is CCCC(=O)Cc1cc2c(Nc3ccccc3)c(C(=O)NC3CC3)cnc2cc1OC. The van der Waals surface area contributed by atoms with Crippen LogP contribution in [0.15, 0.2) is 48.7 Å². The third-order valence-electron chi connectivity index (χ3n) is 5.39. The lowest BCUT2D eigenvalue weighted by molar-refractivity contribution is -0.118. The summed E-state index contributed by atoms with van der Waals surface area (Å²) in [6.07, 6.45) is 5.24. The van der Waals surface area contributed by atoms with E-state index in [4.69, 9.17) is 4.74 Å². The molecule has 0 atom stereocenters. The lowest BCUT2D eigenvalue weighted by Gasteiger charge is -2.17. The van der Waals surface area contributed by atoms with Crippen LogP contribution >= 0.6 is 0 Å². The molecule has 31 heavy (non-hydrogen) atoms. The fourth-order valence-electron chi connectivity index (χ4n) is 3.64. The van der Waals surface area contributed by atoms with Crippen molar-refractivity contribution in [1.29, 1.82) is 0 Å². The molecule has 0 aliphatic heterocycles. The zero-order chi connectivity index (χ0) is 21.8. The van der Waals surface area contributed by atoms with Crippen LogP contribution in [0, 0.1) is 0 Å². The minimum atomic E-state index is -0.144. The van der Waals surface area contributed by atoms with Crippen molar-refractivity contribution in [3.63, 3.8) is 0 Å². The van der Waals surface area contributed by atoms with Crippen LogP contribution in [0.5, 0.6) is 5.75 Å². The molecule has 160 valence electrons. The molecule has 6 nitrogen and oxygen atoms in total. The average molecular weight is 418 g/mol. The van der Waals surface area contributed by atoms with E-state index in [1.807, 2.05) is 49.4 Å². The summed E-state index contributed by atoms with van der Waals surface area (Å²) in [5.41, 5.74) is 3.53. The Bertz CT molecular complexity index is 1110. The largest absolute Gasteiger partial charge is 0.496 e. The monoisotopic (exact) mass is 417 g/mol. The van der Waals surface area contributed by atoms with Gasteiger partial charge in [-0.2, -0.15) is 0 Å². The fraction of sp³-hybridized carbons (Fsp3) is 0.320. The lowest BCUT2D eigenvalue weighted by atomic mass is 10.00. The van der Waals surface area contributed by atoms with Crippen LogP contribution in [-0.4, -0.2) is 29.8 Å². The molecule has 6 heteroatoms. The van der Waals surface area contributed by atoms with Crippen LogP contribution in [-0.2, 0) is 11.2 Å². The summed E-state index contributed by atoms with van der Waals surface area (Å²) in [6.45, 7) is 1.99. The normalized spacial score (nSPS) is 13.1. The molecule has 4 rings (SSSR count). The number of nitrogens with one attached hydrogen (secondary N) is 2. The number of carbonyl (C=O) groups excluding carboxylic acids is 2. The molecule has 2 aromatic carbocycles. The molecular weight excluding hydrogens is 390 g/mol. The highest BCUT2D eigenvalue weighted by Gasteiger charge is 2.26. The maximum absolute atomic E-state index is 13.0. The Morgan fingerprint density at radius 3 is 2.61 bits per heavy atom. The number of rotatable bonds is 9. The van der Waals surface area contributed by atoms with Crippen molar-refractivity contribution in [1.82, 2.24) is 10.3 Å². The highest BCUT2D eigenvalue weighted by atomic mass is 16.5. The molecule has 2 N–H and O–H groups in total.